The maximum Gasteiger partial charge on any atom is 0.265 e. The van der Waals surface area contributed by atoms with Gasteiger partial charge in [-0.25, -0.2) is 0 Å². The molecule has 6 nitrogen and oxygen atoms in total. The molecule has 7 heteroatoms. The van der Waals surface area contributed by atoms with Gasteiger partial charge in [-0.05, 0) is 66.6 Å². The molecule has 168 valence electrons. The second-order valence-corrected chi connectivity index (χ2v) is 9.25. The molecule has 5 rings (SSSR count). The van der Waals surface area contributed by atoms with Crippen molar-refractivity contribution >= 4 is 46.0 Å². The fraction of sp³-hybridized carbons (Fsp3) is 0.231. The van der Waals surface area contributed by atoms with Crippen molar-refractivity contribution in [3.63, 3.8) is 0 Å². The first-order valence-electron chi connectivity index (χ1n) is 11.1. The van der Waals surface area contributed by atoms with E-state index in [9.17, 15) is 9.90 Å². The van der Waals surface area contributed by atoms with Gasteiger partial charge in [-0.3, -0.25) is 14.8 Å². The van der Waals surface area contributed by atoms with Gasteiger partial charge >= 0.3 is 0 Å². The first kappa shape index (κ1) is 21.6. The number of benzene rings is 2. The lowest BCUT2D eigenvalue weighted by molar-refractivity contribution is 0.0189. The van der Waals surface area contributed by atoms with Crippen LogP contribution in [0.5, 0.6) is 0 Å². The predicted octanol–water partition coefficient (Wildman–Crippen LogP) is 5.44. The van der Waals surface area contributed by atoms with Crippen molar-refractivity contribution < 1.29 is 9.90 Å². The van der Waals surface area contributed by atoms with E-state index >= 15 is 0 Å². The Morgan fingerprint density at radius 3 is 2.79 bits per heavy atom. The van der Waals surface area contributed by atoms with Crippen molar-refractivity contribution in [3.05, 3.63) is 81.2 Å². The van der Waals surface area contributed by atoms with Gasteiger partial charge in [0.15, 0.2) is 0 Å². The highest BCUT2D eigenvalue weighted by atomic mass is 32.1. The molecule has 0 aliphatic carbocycles. The molecular weight excluding hydrogens is 432 g/mol. The van der Waals surface area contributed by atoms with Crippen LogP contribution < -0.4 is 5.32 Å². The Morgan fingerprint density at radius 1 is 1.18 bits per heavy atom. The molecular formula is C26H26N4O2S. The highest BCUT2D eigenvalue weighted by molar-refractivity contribution is 7.12. The molecule has 2 aromatic heterocycles. The third kappa shape index (κ3) is 4.48. The first-order valence-corrected chi connectivity index (χ1v) is 12.0. The molecule has 33 heavy (non-hydrogen) atoms. The van der Waals surface area contributed by atoms with Crippen molar-refractivity contribution in [1.29, 1.82) is 0 Å². The molecule has 1 aliphatic heterocycles. The number of nitrogens with zero attached hydrogens (tertiary/aromatic N) is 2. The van der Waals surface area contributed by atoms with Gasteiger partial charge in [0.05, 0.1) is 16.1 Å². The zero-order valence-electron chi connectivity index (χ0n) is 18.4. The van der Waals surface area contributed by atoms with Crippen molar-refractivity contribution in [2.24, 2.45) is 0 Å². The number of amides is 1. The number of aliphatic hydroxyl groups is 1. The summed E-state index contributed by atoms with van der Waals surface area (Å²) in [4.78, 5) is 15.5. The summed E-state index contributed by atoms with van der Waals surface area (Å²) in [5.41, 5.74) is 5.12. The van der Waals surface area contributed by atoms with E-state index in [-0.39, 0.29) is 5.91 Å². The SMILES string of the molecule is Cc1ccsc1C(=O)Nc1ccc(C=Cc2n[nH]c3ccccc23)c(C(O)N2CCCC2)c1. The Hall–Kier alpha value is -3.26. The molecule has 2 aromatic carbocycles. The van der Waals surface area contributed by atoms with E-state index in [1.807, 2.05) is 73.0 Å². The van der Waals surface area contributed by atoms with Gasteiger partial charge in [0, 0.05) is 29.7 Å². The lowest BCUT2D eigenvalue weighted by atomic mass is 10.0. The van der Waals surface area contributed by atoms with Crippen LogP contribution in [0.15, 0.2) is 53.9 Å². The van der Waals surface area contributed by atoms with Crippen molar-refractivity contribution in [2.75, 3.05) is 18.4 Å². The van der Waals surface area contributed by atoms with Gasteiger partial charge in [-0.15, -0.1) is 11.3 Å². The van der Waals surface area contributed by atoms with Gasteiger partial charge in [-0.2, -0.15) is 5.10 Å². The van der Waals surface area contributed by atoms with Crippen LogP contribution in [0.25, 0.3) is 23.1 Å². The monoisotopic (exact) mass is 458 g/mol. The number of para-hydroxylation sites is 1. The van der Waals surface area contributed by atoms with Crippen LogP contribution in [0.4, 0.5) is 5.69 Å². The number of hydrogen-bond donors (Lipinski definition) is 3. The first-order chi connectivity index (χ1) is 16.1. The summed E-state index contributed by atoms with van der Waals surface area (Å²) in [7, 11) is 0. The lowest BCUT2D eigenvalue weighted by Gasteiger charge is -2.24. The molecule has 0 saturated carbocycles. The third-order valence-corrected chi connectivity index (χ3v) is 7.11. The number of aryl methyl sites for hydroxylation is 1. The Bertz CT molecular complexity index is 1320. The maximum atomic E-state index is 12.7. The van der Waals surface area contributed by atoms with E-state index in [1.165, 1.54) is 11.3 Å². The average molecular weight is 459 g/mol. The lowest BCUT2D eigenvalue weighted by Crippen LogP contribution is -2.26. The largest absolute Gasteiger partial charge is 0.374 e. The minimum Gasteiger partial charge on any atom is -0.374 e. The van der Waals surface area contributed by atoms with E-state index in [1.54, 1.807) is 0 Å². The van der Waals surface area contributed by atoms with E-state index < -0.39 is 6.23 Å². The van der Waals surface area contributed by atoms with Crippen LogP contribution in [0.3, 0.4) is 0 Å². The van der Waals surface area contributed by atoms with Crippen LogP contribution in [0, 0.1) is 6.92 Å². The highest BCUT2D eigenvalue weighted by Crippen LogP contribution is 2.30. The average Bonchev–Trinajstić information content (AvgIpc) is 3.59. The zero-order chi connectivity index (χ0) is 22.8. The number of aromatic nitrogens is 2. The smallest absolute Gasteiger partial charge is 0.265 e. The molecule has 3 heterocycles. The summed E-state index contributed by atoms with van der Waals surface area (Å²) in [6.45, 7) is 3.65. The minimum atomic E-state index is -0.733. The second-order valence-electron chi connectivity index (χ2n) is 8.34. The van der Waals surface area contributed by atoms with Gasteiger partial charge in [0.1, 0.15) is 6.23 Å². The minimum absolute atomic E-state index is 0.129. The number of nitrogens with one attached hydrogen (secondary N) is 2. The number of anilines is 1. The van der Waals surface area contributed by atoms with E-state index in [0.717, 1.165) is 59.2 Å². The van der Waals surface area contributed by atoms with Gasteiger partial charge < -0.3 is 10.4 Å². The molecule has 1 fully saturated rings. The van der Waals surface area contributed by atoms with Crippen LogP contribution in [0.2, 0.25) is 0 Å². The number of likely N-dealkylation sites (tertiary alicyclic amines) is 1. The zero-order valence-corrected chi connectivity index (χ0v) is 19.2. The third-order valence-electron chi connectivity index (χ3n) is 6.10. The summed E-state index contributed by atoms with van der Waals surface area (Å²) in [5.74, 6) is -0.129. The fourth-order valence-electron chi connectivity index (χ4n) is 4.28. The molecule has 3 N–H and O–H groups in total. The summed E-state index contributed by atoms with van der Waals surface area (Å²) in [5, 5.41) is 24.6. The Kier molecular flexibility index (Phi) is 6.09. The van der Waals surface area contributed by atoms with Crippen molar-refractivity contribution in [3.8, 4) is 0 Å². The number of carbonyl (C=O) groups is 1. The normalized spacial score (nSPS) is 15.5. The van der Waals surface area contributed by atoms with Crippen molar-refractivity contribution in [2.45, 2.75) is 26.0 Å². The van der Waals surface area contributed by atoms with Gasteiger partial charge in [0.2, 0.25) is 0 Å². The maximum absolute atomic E-state index is 12.7. The van der Waals surface area contributed by atoms with Crippen LogP contribution >= 0.6 is 11.3 Å². The molecule has 1 amide bonds. The second kappa shape index (κ2) is 9.31. The summed E-state index contributed by atoms with van der Waals surface area (Å²) in [6, 6.07) is 15.6. The summed E-state index contributed by atoms with van der Waals surface area (Å²) < 4.78 is 0. The summed E-state index contributed by atoms with van der Waals surface area (Å²) in [6.07, 6.45) is 5.36. The van der Waals surface area contributed by atoms with Gasteiger partial charge in [0.25, 0.3) is 5.91 Å². The molecule has 1 unspecified atom stereocenters. The fourth-order valence-corrected chi connectivity index (χ4v) is 5.10. The summed E-state index contributed by atoms with van der Waals surface area (Å²) >= 11 is 1.43. The molecule has 1 saturated heterocycles. The van der Waals surface area contributed by atoms with E-state index in [4.69, 9.17) is 0 Å². The number of rotatable bonds is 6. The molecule has 1 atom stereocenters. The molecule has 4 aromatic rings. The van der Waals surface area contributed by atoms with E-state index in [2.05, 4.69) is 20.4 Å². The number of H-pyrrole nitrogens is 1. The number of thiophene rings is 1. The number of carbonyl (C=O) groups excluding carboxylic acids is 1. The standard InChI is InChI=1S/C26H26N4O2S/c1-17-12-15-33-24(17)25(31)27-19-10-8-18(21(16-19)26(32)30-13-4-5-14-30)9-11-23-20-6-2-3-7-22(20)28-29-23/h2-3,6-12,15-16,26,32H,4-5,13-14H2,1H3,(H,27,31)(H,28,29). The quantitative estimate of drug-likeness (QED) is 0.359. The number of hydrogen-bond acceptors (Lipinski definition) is 5. The topological polar surface area (TPSA) is 81.2 Å². The Labute approximate surface area is 196 Å². The van der Waals surface area contributed by atoms with E-state index in [0.29, 0.717) is 10.6 Å². The van der Waals surface area contributed by atoms with Gasteiger partial charge in [-0.1, -0.05) is 30.3 Å². The number of aliphatic hydroxyl groups excluding tert-OH is 1. The molecule has 0 spiro atoms. The molecule has 1 aliphatic rings. The number of fused-ring (bicyclic) bond motifs is 1. The van der Waals surface area contributed by atoms with Crippen LogP contribution in [-0.4, -0.2) is 39.2 Å². The number of aromatic amines is 1. The van der Waals surface area contributed by atoms with Crippen molar-refractivity contribution in [1.82, 2.24) is 15.1 Å². The highest BCUT2D eigenvalue weighted by Gasteiger charge is 2.23. The molecule has 0 bridgehead atoms. The predicted molar refractivity (Wildman–Crippen MR) is 134 cm³/mol. The van der Waals surface area contributed by atoms with Crippen LogP contribution in [0.1, 0.15) is 51.1 Å². The van der Waals surface area contributed by atoms with Crippen LogP contribution in [-0.2, 0) is 0 Å². The molecule has 0 radical (unpaired) electrons. The Morgan fingerprint density at radius 2 is 2.00 bits per heavy atom. The Balaban J connectivity index is 1.47.